The van der Waals surface area contributed by atoms with Gasteiger partial charge in [-0.3, -0.25) is 4.79 Å². The molecule has 3 amide bonds. The third-order valence-corrected chi connectivity index (χ3v) is 3.77. The third kappa shape index (κ3) is 4.38. The van der Waals surface area contributed by atoms with E-state index in [1.54, 1.807) is 25.3 Å². The molecule has 3 N–H and O–H groups in total. The maximum atomic E-state index is 12.1. The molecule has 128 valence electrons. The summed E-state index contributed by atoms with van der Waals surface area (Å²) in [4.78, 5) is 24.1. The van der Waals surface area contributed by atoms with Crippen LogP contribution in [0, 0.1) is 0 Å². The van der Waals surface area contributed by atoms with Crippen LogP contribution < -0.4 is 16.0 Å². The summed E-state index contributed by atoms with van der Waals surface area (Å²) in [5.41, 5.74) is 0.666. The summed E-state index contributed by atoms with van der Waals surface area (Å²) in [5.74, 6) is 0.367. The van der Waals surface area contributed by atoms with Crippen molar-refractivity contribution in [1.82, 2.24) is 10.6 Å². The summed E-state index contributed by atoms with van der Waals surface area (Å²) in [7, 11) is 0. The summed E-state index contributed by atoms with van der Waals surface area (Å²) in [6.07, 6.45) is 1.54. The van der Waals surface area contributed by atoms with Gasteiger partial charge in [-0.15, -0.1) is 0 Å². The number of carbonyl (C=O) groups is 2. The molecule has 1 heterocycles. The average molecular weight is 337 g/mol. The van der Waals surface area contributed by atoms with Crippen LogP contribution in [0.1, 0.15) is 12.7 Å². The molecular weight excluding hydrogens is 318 g/mol. The summed E-state index contributed by atoms with van der Waals surface area (Å²) >= 11 is 0. The number of anilines is 1. The fraction of sp³-hybridized carbons (Fsp3) is 0.158. The van der Waals surface area contributed by atoms with Gasteiger partial charge < -0.3 is 20.4 Å². The third-order valence-electron chi connectivity index (χ3n) is 3.77. The number of amides is 3. The lowest BCUT2D eigenvalue weighted by atomic mass is 10.1. The first-order chi connectivity index (χ1) is 12.1. The molecule has 0 aliphatic carbocycles. The van der Waals surface area contributed by atoms with Crippen molar-refractivity contribution in [2.45, 2.75) is 19.5 Å². The van der Waals surface area contributed by atoms with Gasteiger partial charge in [-0.25, -0.2) is 4.79 Å². The van der Waals surface area contributed by atoms with Crippen LogP contribution >= 0.6 is 0 Å². The highest BCUT2D eigenvalue weighted by atomic mass is 16.3. The molecule has 0 spiro atoms. The first kappa shape index (κ1) is 16.6. The van der Waals surface area contributed by atoms with Crippen LogP contribution in [0.3, 0.4) is 0 Å². The van der Waals surface area contributed by atoms with Gasteiger partial charge >= 0.3 is 6.03 Å². The van der Waals surface area contributed by atoms with Gasteiger partial charge in [0.25, 0.3) is 0 Å². The number of carbonyl (C=O) groups excluding carboxylic acids is 2. The lowest BCUT2D eigenvalue weighted by molar-refractivity contribution is -0.122. The maximum absolute atomic E-state index is 12.1. The van der Waals surface area contributed by atoms with Crippen LogP contribution in [0.2, 0.25) is 0 Å². The number of hydrogen-bond donors (Lipinski definition) is 3. The zero-order valence-corrected chi connectivity index (χ0v) is 13.8. The van der Waals surface area contributed by atoms with Crippen molar-refractivity contribution in [2.24, 2.45) is 0 Å². The second kappa shape index (κ2) is 7.53. The Morgan fingerprint density at radius 3 is 2.60 bits per heavy atom. The second-order valence-corrected chi connectivity index (χ2v) is 5.68. The molecule has 3 rings (SSSR count). The van der Waals surface area contributed by atoms with Crippen LogP contribution in [0.25, 0.3) is 10.8 Å². The van der Waals surface area contributed by atoms with Crippen molar-refractivity contribution >= 4 is 28.4 Å². The van der Waals surface area contributed by atoms with Gasteiger partial charge in [-0.05, 0) is 42.0 Å². The van der Waals surface area contributed by atoms with E-state index in [1.807, 2.05) is 42.5 Å². The molecule has 0 aliphatic rings. The van der Waals surface area contributed by atoms with E-state index in [2.05, 4.69) is 16.0 Å². The normalized spacial score (nSPS) is 11.7. The Hall–Kier alpha value is -3.28. The van der Waals surface area contributed by atoms with Crippen molar-refractivity contribution in [2.75, 3.05) is 5.32 Å². The molecule has 1 aromatic heterocycles. The predicted octanol–water partition coefficient (Wildman–Crippen LogP) is 3.26. The molecule has 1 unspecified atom stereocenters. The van der Waals surface area contributed by atoms with Crippen molar-refractivity contribution in [3.63, 3.8) is 0 Å². The maximum Gasteiger partial charge on any atom is 0.319 e. The van der Waals surface area contributed by atoms with E-state index in [4.69, 9.17) is 4.42 Å². The predicted molar refractivity (Wildman–Crippen MR) is 96.1 cm³/mol. The lowest BCUT2D eigenvalue weighted by Crippen LogP contribution is -2.46. The summed E-state index contributed by atoms with van der Waals surface area (Å²) in [6.45, 7) is 1.90. The quantitative estimate of drug-likeness (QED) is 0.668. The Kier molecular flexibility index (Phi) is 4.99. The molecule has 0 radical (unpaired) electrons. The zero-order valence-electron chi connectivity index (χ0n) is 13.8. The molecular formula is C19H19N3O3. The molecule has 6 heteroatoms. The van der Waals surface area contributed by atoms with E-state index in [1.165, 1.54) is 0 Å². The molecule has 0 bridgehead atoms. The van der Waals surface area contributed by atoms with E-state index >= 15 is 0 Å². The fourth-order valence-corrected chi connectivity index (χ4v) is 2.44. The molecule has 0 saturated heterocycles. The average Bonchev–Trinajstić information content (AvgIpc) is 3.13. The minimum Gasteiger partial charge on any atom is -0.467 e. The number of benzene rings is 2. The van der Waals surface area contributed by atoms with Gasteiger partial charge in [0.15, 0.2) is 0 Å². The van der Waals surface area contributed by atoms with Gasteiger partial charge in [-0.1, -0.05) is 30.3 Å². The Labute approximate surface area is 145 Å². The van der Waals surface area contributed by atoms with E-state index in [0.717, 1.165) is 10.8 Å². The molecule has 1 atom stereocenters. The second-order valence-electron chi connectivity index (χ2n) is 5.68. The summed E-state index contributed by atoms with van der Waals surface area (Å²) in [5, 5.41) is 10.2. The molecule has 0 aliphatic heterocycles. The van der Waals surface area contributed by atoms with E-state index in [0.29, 0.717) is 11.4 Å². The smallest absolute Gasteiger partial charge is 0.319 e. The molecule has 3 aromatic rings. The van der Waals surface area contributed by atoms with Crippen LogP contribution in [0.15, 0.2) is 65.3 Å². The number of urea groups is 1. The van der Waals surface area contributed by atoms with Gasteiger partial charge in [0.1, 0.15) is 11.8 Å². The van der Waals surface area contributed by atoms with E-state index in [9.17, 15) is 9.59 Å². The number of fused-ring (bicyclic) bond motifs is 1. The van der Waals surface area contributed by atoms with Crippen LogP contribution in [0.5, 0.6) is 0 Å². The van der Waals surface area contributed by atoms with Gasteiger partial charge in [0.2, 0.25) is 5.91 Å². The Bertz CT molecular complexity index is 875. The van der Waals surface area contributed by atoms with Gasteiger partial charge in [-0.2, -0.15) is 0 Å². The molecule has 6 nitrogen and oxygen atoms in total. The molecule has 0 saturated carbocycles. The van der Waals surface area contributed by atoms with Gasteiger partial charge in [0, 0.05) is 5.69 Å². The summed E-state index contributed by atoms with van der Waals surface area (Å²) in [6, 6.07) is 15.9. The zero-order chi connectivity index (χ0) is 17.6. The first-order valence-electron chi connectivity index (χ1n) is 7.98. The number of nitrogens with one attached hydrogen (secondary N) is 3. The van der Waals surface area contributed by atoms with Crippen molar-refractivity contribution in [3.05, 3.63) is 66.6 Å². The van der Waals surface area contributed by atoms with E-state index in [-0.39, 0.29) is 12.5 Å². The minimum absolute atomic E-state index is 0.282. The van der Waals surface area contributed by atoms with Crippen molar-refractivity contribution in [3.8, 4) is 0 Å². The lowest BCUT2D eigenvalue weighted by Gasteiger charge is -2.14. The summed E-state index contributed by atoms with van der Waals surface area (Å²) < 4.78 is 5.14. The largest absolute Gasteiger partial charge is 0.467 e. The monoisotopic (exact) mass is 337 g/mol. The number of rotatable bonds is 5. The number of hydrogen-bond acceptors (Lipinski definition) is 3. The highest BCUT2D eigenvalue weighted by Gasteiger charge is 2.15. The van der Waals surface area contributed by atoms with Crippen molar-refractivity contribution < 1.29 is 14.0 Å². The Morgan fingerprint density at radius 2 is 1.84 bits per heavy atom. The highest BCUT2D eigenvalue weighted by Crippen LogP contribution is 2.18. The fourth-order valence-electron chi connectivity index (χ4n) is 2.44. The SMILES string of the molecule is CC(NC(=O)Nc1ccc2ccccc2c1)C(=O)NCc1ccco1. The van der Waals surface area contributed by atoms with Gasteiger partial charge in [0.05, 0.1) is 12.8 Å². The van der Waals surface area contributed by atoms with Crippen LogP contribution in [-0.2, 0) is 11.3 Å². The minimum atomic E-state index is -0.671. The standard InChI is InChI=1S/C19H19N3O3/c1-13(18(23)20-12-17-7-4-10-25-17)21-19(24)22-16-9-8-14-5-2-3-6-15(14)11-16/h2-11,13H,12H2,1H3,(H,20,23)(H2,21,22,24). The topological polar surface area (TPSA) is 83.4 Å². The van der Waals surface area contributed by atoms with Crippen molar-refractivity contribution in [1.29, 1.82) is 0 Å². The Balaban J connectivity index is 1.52. The van der Waals surface area contributed by atoms with Crippen LogP contribution in [-0.4, -0.2) is 18.0 Å². The highest BCUT2D eigenvalue weighted by molar-refractivity contribution is 5.95. The Morgan fingerprint density at radius 1 is 1.04 bits per heavy atom. The van der Waals surface area contributed by atoms with Crippen LogP contribution in [0.4, 0.5) is 10.5 Å². The first-order valence-corrected chi connectivity index (χ1v) is 7.98. The molecule has 0 fully saturated rings. The number of furan rings is 1. The van der Waals surface area contributed by atoms with E-state index < -0.39 is 12.1 Å². The molecule has 2 aromatic carbocycles. The molecule has 25 heavy (non-hydrogen) atoms.